The third-order valence-corrected chi connectivity index (χ3v) is 5.20. The van der Waals surface area contributed by atoms with Crippen LogP contribution in [0.15, 0.2) is 35.5 Å². The van der Waals surface area contributed by atoms with E-state index in [-0.39, 0.29) is 0 Å². The molecule has 0 bridgehead atoms. The van der Waals surface area contributed by atoms with E-state index in [4.69, 9.17) is 21.9 Å². The van der Waals surface area contributed by atoms with Gasteiger partial charge < -0.3 is 20.4 Å². The number of thiocarbonyl (C=S) groups is 1. The van der Waals surface area contributed by atoms with Gasteiger partial charge >= 0.3 is 0 Å². The number of methoxy groups -OCH3 is 1. The monoisotopic (exact) mass is 437 g/mol. The molecule has 4 rings (SSSR count). The summed E-state index contributed by atoms with van der Waals surface area (Å²) < 4.78 is 5.36. The van der Waals surface area contributed by atoms with Crippen molar-refractivity contribution in [2.75, 3.05) is 19.0 Å². The van der Waals surface area contributed by atoms with Crippen LogP contribution in [0.4, 0.5) is 5.95 Å². The number of aryl methyl sites for hydroxylation is 2. The lowest BCUT2D eigenvalue weighted by atomic mass is 10.1. The Morgan fingerprint density at radius 3 is 2.71 bits per heavy atom. The summed E-state index contributed by atoms with van der Waals surface area (Å²) in [6, 6.07) is 8.40. The number of aromatic nitrogens is 3. The maximum Gasteiger partial charge on any atom is 0.229 e. The van der Waals surface area contributed by atoms with Gasteiger partial charge in [0.1, 0.15) is 5.75 Å². The second kappa shape index (κ2) is 9.30. The number of aromatic amines is 1. The van der Waals surface area contributed by atoms with Gasteiger partial charge in [0.05, 0.1) is 7.11 Å². The van der Waals surface area contributed by atoms with Gasteiger partial charge in [0.25, 0.3) is 0 Å². The fourth-order valence-corrected chi connectivity index (χ4v) is 3.60. The molecule has 0 spiro atoms. The number of nitrogens with zero attached hydrogens (tertiary/aromatic N) is 3. The van der Waals surface area contributed by atoms with Crippen LogP contribution < -0.4 is 20.7 Å². The first-order valence-electron chi connectivity index (χ1n) is 10.4. The Bertz CT molecular complexity index is 1100. The van der Waals surface area contributed by atoms with E-state index in [0.29, 0.717) is 29.6 Å². The van der Waals surface area contributed by atoms with Gasteiger partial charge in [0, 0.05) is 41.1 Å². The van der Waals surface area contributed by atoms with Crippen molar-refractivity contribution in [3.63, 3.8) is 0 Å². The van der Waals surface area contributed by atoms with Gasteiger partial charge in [0.15, 0.2) is 5.11 Å². The van der Waals surface area contributed by atoms with Crippen LogP contribution in [0.5, 0.6) is 5.75 Å². The molecule has 162 valence electrons. The first kappa shape index (κ1) is 21.0. The molecule has 9 heteroatoms. The van der Waals surface area contributed by atoms with Gasteiger partial charge in [-0.05, 0) is 75.2 Å². The number of aliphatic imine (C=N–C) groups is 1. The summed E-state index contributed by atoms with van der Waals surface area (Å²) in [6.07, 6.45) is 5.07. The van der Waals surface area contributed by atoms with Crippen molar-refractivity contribution in [1.29, 1.82) is 0 Å². The molecule has 1 fully saturated rings. The molecule has 1 aliphatic rings. The zero-order valence-corrected chi connectivity index (χ0v) is 18.8. The topological polar surface area (TPSA) is 99.2 Å². The molecule has 3 aromatic rings. The van der Waals surface area contributed by atoms with Crippen LogP contribution in [-0.4, -0.2) is 45.7 Å². The highest BCUT2D eigenvalue weighted by atomic mass is 32.1. The Kier molecular flexibility index (Phi) is 6.31. The zero-order valence-electron chi connectivity index (χ0n) is 18.0. The summed E-state index contributed by atoms with van der Waals surface area (Å²) in [7, 11) is 1.68. The van der Waals surface area contributed by atoms with Crippen LogP contribution in [0.1, 0.15) is 29.8 Å². The second-order valence-corrected chi connectivity index (χ2v) is 8.09. The number of anilines is 1. The van der Waals surface area contributed by atoms with Gasteiger partial charge in [-0.15, -0.1) is 0 Å². The fraction of sp³-hybridized carbons (Fsp3) is 0.364. The molecule has 0 amide bonds. The van der Waals surface area contributed by atoms with Crippen molar-refractivity contribution in [3.05, 3.63) is 47.4 Å². The molecule has 4 N–H and O–H groups in total. The minimum atomic E-state index is 0.458. The van der Waals surface area contributed by atoms with Crippen molar-refractivity contribution in [2.45, 2.75) is 39.2 Å². The normalized spacial score (nSPS) is 13.8. The Labute approximate surface area is 186 Å². The minimum Gasteiger partial charge on any atom is -0.497 e. The van der Waals surface area contributed by atoms with Crippen molar-refractivity contribution in [3.8, 4) is 5.75 Å². The summed E-state index contributed by atoms with van der Waals surface area (Å²) >= 11 is 5.43. The van der Waals surface area contributed by atoms with E-state index in [9.17, 15) is 0 Å². The Hall–Kier alpha value is -3.20. The average Bonchev–Trinajstić information content (AvgIpc) is 3.44. The molecule has 2 heterocycles. The molecule has 0 saturated heterocycles. The van der Waals surface area contributed by atoms with Crippen molar-refractivity contribution >= 4 is 40.1 Å². The molecule has 0 atom stereocenters. The van der Waals surface area contributed by atoms with E-state index >= 15 is 0 Å². The highest BCUT2D eigenvalue weighted by Gasteiger charge is 2.22. The molecule has 2 aromatic heterocycles. The molecular formula is C22H27N7OS. The fourth-order valence-electron chi connectivity index (χ4n) is 3.33. The Balaban J connectivity index is 1.49. The molecule has 31 heavy (non-hydrogen) atoms. The maximum atomic E-state index is 5.43. The number of rotatable bonds is 6. The van der Waals surface area contributed by atoms with E-state index in [2.05, 4.69) is 30.9 Å². The number of guanidine groups is 1. The highest BCUT2D eigenvalue weighted by Crippen LogP contribution is 2.24. The van der Waals surface area contributed by atoms with E-state index in [1.54, 1.807) is 7.11 Å². The van der Waals surface area contributed by atoms with E-state index in [1.807, 2.05) is 44.3 Å². The van der Waals surface area contributed by atoms with E-state index in [0.717, 1.165) is 47.3 Å². The van der Waals surface area contributed by atoms with Gasteiger partial charge in [0.2, 0.25) is 11.9 Å². The van der Waals surface area contributed by atoms with Gasteiger partial charge in [-0.1, -0.05) is 0 Å². The van der Waals surface area contributed by atoms with Crippen LogP contribution in [0.2, 0.25) is 0 Å². The molecule has 0 unspecified atom stereocenters. The smallest absolute Gasteiger partial charge is 0.229 e. The van der Waals surface area contributed by atoms with Gasteiger partial charge in [-0.25, -0.2) is 9.97 Å². The lowest BCUT2D eigenvalue weighted by Gasteiger charge is -2.14. The van der Waals surface area contributed by atoms with Crippen LogP contribution >= 0.6 is 12.2 Å². The molecule has 8 nitrogen and oxygen atoms in total. The summed E-state index contributed by atoms with van der Waals surface area (Å²) in [5, 5.41) is 11.3. The molecule has 0 radical (unpaired) electrons. The number of benzene rings is 1. The zero-order chi connectivity index (χ0) is 21.8. The molecule has 0 aliphatic heterocycles. The van der Waals surface area contributed by atoms with E-state index < -0.39 is 0 Å². The number of hydrogen-bond acceptors (Lipinski definition) is 5. The van der Waals surface area contributed by atoms with Gasteiger partial charge in [-0.3, -0.25) is 10.3 Å². The van der Waals surface area contributed by atoms with Gasteiger partial charge in [-0.2, -0.15) is 0 Å². The first-order valence-corrected chi connectivity index (χ1v) is 10.8. The molecule has 1 aliphatic carbocycles. The highest BCUT2D eigenvalue weighted by molar-refractivity contribution is 7.80. The number of hydrogen-bond donors (Lipinski definition) is 4. The van der Waals surface area contributed by atoms with Crippen LogP contribution in [0, 0.1) is 13.8 Å². The maximum absolute atomic E-state index is 5.43. The molecule has 1 aromatic carbocycles. The number of ether oxygens (including phenoxy) is 1. The standard InChI is InChI=1S/C22H27N7OS/c1-13-10-14(2)26-21(25-13)28-20(29-22(31)27-16-4-5-16)23-9-8-15-12-24-19-7-6-17(30-3)11-18(15)19/h6-7,10-12,16,24H,4-5,8-9H2,1-3H3,(H3,23,25,26,27,28,29,31). The predicted octanol–water partition coefficient (Wildman–Crippen LogP) is 3.22. The third-order valence-electron chi connectivity index (χ3n) is 4.98. The SMILES string of the molecule is COc1ccc2[nH]cc(CCN=C(NC(=S)NC3CC3)Nc3nc(C)cc(C)n3)c2c1. The quantitative estimate of drug-likeness (QED) is 0.267. The second-order valence-electron chi connectivity index (χ2n) is 7.68. The number of H-pyrrole nitrogens is 1. The van der Waals surface area contributed by atoms with Crippen LogP contribution in [0.25, 0.3) is 10.9 Å². The summed E-state index contributed by atoms with van der Waals surface area (Å²) in [4.78, 5) is 16.9. The van der Waals surface area contributed by atoms with E-state index in [1.165, 1.54) is 5.56 Å². The largest absolute Gasteiger partial charge is 0.497 e. The first-order chi connectivity index (χ1) is 15.0. The minimum absolute atomic E-state index is 0.458. The third kappa shape index (κ3) is 5.69. The Morgan fingerprint density at radius 2 is 2.00 bits per heavy atom. The summed E-state index contributed by atoms with van der Waals surface area (Å²) in [6.45, 7) is 4.44. The lowest BCUT2D eigenvalue weighted by molar-refractivity contribution is 0.415. The lowest BCUT2D eigenvalue weighted by Crippen LogP contribution is -2.43. The number of fused-ring (bicyclic) bond motifs is 1. The number of nitrogens with one attached hydrogen (secondary N) is 4. The van der Waals surface area contributed by atoms with Crippen molar-refractivity contribution < 1.29 is 4.74 Å². The van der Waals surface area contributed by atoms with Crippen molar-refractivity contribution in [2.24, 2.45) is 4.99 Å². The predicted molar refractivity (Wildman–Crippen MR) is 128 cm³/mol. The Morgan fingerprint density at radius 1 is 1.23 bits per heavy atom. The van der Waals surface area contributed by atoms with Crippen LogP contribution in [0.3, 0.4) is 0 Å². The van der Waals surface area contributed by atoms with Crippen molar-refractivity contribution in [1.82, 2.24) is 25.6 Å². The molecule has 1 saturated carbocycles. The molecular weight excluding hydrogens is 410 g/mol. The summed E-state index contributed by atoms with van der Waals surface area (Å²) in [5.74, 6) is 1.86. The average molecular weight is 438 g/mol. The summed E-state index contributed by atoms with van der Waals surface area (Å²) in [5.41, 5.74) is 4.04. The van der Waals surface area contributed by atoms with Crippen LogP contribution in [-0.2, 0) is 6.42 Å².